The van der Waals surface area contributed by atoms with Crippen molar-refractivity contribution in [1.29, 1.82) is 0 Å². The average Bonchev–Trinajstić information content (AvgIpc) is 2.37. The minimum atomic E-state index is 0.667. The molecule has 102 valence electrons. The van der Waals surface area contributed by atoms with Gasteiger partial charge in [0.1, 0.15) is 5.75 Å². The van der Waals surface area contributed by atoms with Crippen molar-refractivity contribution in [2.75, 3.05) is 20.2 Å². The zero-order valence-corrected chi connectivity index (χ0v) is 12.4. The smallest absolute Gasteiger partial charge is 0.122 e. The Kier molecular flexibility index (Phi) is 7.14. The van der Waals surface area contributed by atoms with Crippen LogP contribution in [-0.4, -0.2) is 20.2 Å². The van der Waals surface area contributed by atoms with E-state index in [1.165, 1.54) is 12.0 Å². The molecule has 0 saturated heterocycles. The predicted molar refractivity (Wildman–Crippen MR) is 78.6 cm³/mol. The minimum Gasteiger partial charge on any atom is -0.496 e. The van der Waals surface area contributed by atoms with E-state index in [0.717, 1.165) is 36.7 Å². The van der Waals surface area contributed by atoms with E-state index in [2.05, 4.69) is 19.2 Å². The van der Waals surface area contributed by atoms with Crippen LogP contribution >= 0.6 is 11.6 Å². The first-order chi connectivity index (χ1) is 8.67. The molecular formula is C15H24ClNO. The molecule has 0 fully saturated rings. The molecular weight excluding hydrogens is 246 g/mol. The number of rotatable bonds is 8. The van der Waals surface area contributed by atoms with E-state index < -0.39 is 0 Å². The predicted octanol–water partition coefficient (Wildman–Crippen LogP) is 3.92. The average molecular weight is 270 g/mol. The van der Waals surface area contributed by atoms with Gasteiger partial charge in [-0.1, -0.05) is 25.4 Å². The van der Waals surface area contributed by atoms with Crippen molar-refractivity contribution in [2.24, 2.45) is 5.92 Å². The van der Waals surface area contributed by atoms with Crippen molar-refractivity contribution >= 4 is 11.6 Å². The molecule has 2 nitrogen and oxygen atoms in total. The van der Waals surface area contributed by atoms with E-state index >= 15 is 0 Å². The standard InChI is InChI=1S/C15H24ClNO/c1-4-9-17-11-12(2)5-6-13-10-14(16)7-8-15(13)18-3/h7-8,10,12,17H,4-6,9,11H2,1-3H3. The number of hydrogen-bond acceptors (Lipinski definition) is 2. The molecule has 0 heterocycles. The SMILES string of the molecule is CCCNCC(C)CCc1cc(Cl)ccc1OC. The fourth-order valence-corrected chi connectivity index (χ4v) is 2.17. The summed E-state index contributed by atoms with van der Waals surface area (Å²) in [5.41, 5.74) is 1.20. The molecule has 0 radical (unpaired) electrons. The number of benzene rings is 1. The summed E-state index contributed by atoms with van der Waals surface area (Å²) in [6, 6.07) is 5.82. The summed E-state index contributed by atoms with van der Waals surface area (Å²) < 4.78 is 5.36. The maximum absolute atomic E-state index is 6.02. The molecule has 0 aliphatic rings. The molecule has 0 aliphatic carbocycles. The van der Waals surface area contributed by atoms with E-state index in [1.807, 2.05) is 18.2 Å². The molecule has 1 atom stereocenters. The molecule has 0 aliphatic heterocycles. The van der Waals surface area contributed by atoms with Gasteiger partial charge in [0.2, 0.25) is 0 Å². The van der Waals surface area contributed by atoms with Gasteiger partial charge in [-0.3, -0.25) is 0 Å². The van der Waals surface area contributed by atoms with Crippen LogP contribution in [0.3, 0.4) is 0 Å². The number of aryl methyl sites for hydroxylation is 1. The Hall–Kier alpha value is -0.730. The molecule has 1 unspecified atom stereocenters. The zero-order valence-electron chi connectivity index (χ0n) is 11.6. The van der Waals surface area contributed by atoms with Crippen LogP contribution in [0.5, 0.6) is 5.75 Å². The quantitative estimate of drug-likeness (QED) is 0.723. The Morgan fingerprint density at radius 2 is 2.17 bits per heavy atom. The summed E-state index contributed by atoms with van der Waals surface area (Å²) in [4.78, 5) is 0. The molecule has 0 saturated carbocycles. The van der Waals surface area contributed by atoms with Crippen molar-refractivity contribution in [3.05, 3.63) is 28.8 Å². The summed E-state index contributed by atoms with van der Waals surface area (Å²) in [5.74, 6) is 1.60. The summed E-state index contributed by atoms with van der Waals surface area (Å²) in [6.07, 6.45) is 3.35. The summed E-state index contributed by atoms with van der Waals surface area (Å²) in [7, 11) is 1.71. The van der Waals surface area contributed by atoms with Crippen LogP contribution in [0.4, 0.5) is 0 Å². The van der Waals surface area contributed by atoms with Crippen LogP contribution in [-0.2, 0) is 6.42 Å². The summed E-state index contributed by atoms with van der Waals surface area (Å²) in [5, 5.41) is 4.23. The van der Waals surface area contributed by atoms with Gasteiger partial charge in [0, 0.05) is 5.02 Å². The van der Waals surface area contributed by atoms with Gasteiger partial charge in [-0.25, -0.2) is 0 Å². The van der Waals surface area contributed by atoms with Crippen molar-refractivity contribution in [3.8, 4) is 5.75 Å². The normalized spacial score (nSPS) is 12.4. The molecule has 1 aromatic carbocycles. The Labute approximate surface area is 116 Å². The van der Waals surface area contributed by atoms with E-state index in [0.29, 0.717) is 5.92 Å². The molecule has 0 spiro atoms. The van der Waals surface area contributed by atoms with Gasteiger partial charge >= 0.3 is 0 Å². The van der Waals surface area contributed by atoms with Gasteiger partial charge < -0.3 is 10.1 Å². The Morgan fingerprint density at radius 1 is 1.39 bits per heavy atom. The number of nitrogens with one attached hydrogen (secondary N) is 1. The number of halogens is 1. The second-order valence-electron chi connectivity index (χ2n) is 4.80. The Balaban J connectivity index is 2.44. The minimum absolute atomic E-state index is 0.667. The molecule has 0 bridgehead atoms. The molecule has 0 amide bonds. The van der Waals surface area contributed by atoms with E-state index in [-0.39, 0.29) is 0 Å². The lowest BCUT2D eigenvalue weighted by atomic mass is 10.0. The first-order valence-corrected chi connectivity index (χ1v) is 7.08. The van der Waals surface area contributed by atoms with Gasteiger partial charge in [0.05, 0.1) is 7.11 Å². The van der Waals surface area contributed by atoms with Crippen LogP contribution in [0.15, 0.2) is 18.2 Å². The lowest BCUT2D eigenvalue weighted by Crippen LogP contribution is -2.22. The molecule has 1 N–H and O–H groups in total. The number of ether oxygens (including phenoxy) is 1. The van der Waals surface area contributed by atoms with Crippen LogP contribution < -0.4 is 10.1 Å². The second-order valence-corrected chi connectivity index (χ2v) is 5.24. The third kappa shape index (κ3) is 5.28. The first kappa shape index (κ1) is 15.3. The van der Waals surface area contributed by atoms with Crippen molar-refractivity contribution in [1.82, 2.24) is 5.32 Å². The molecule has 1 aromatic rings. The van der Waals surface area contributed by atoms with E-state index in [4.69, 9.17) is 16.3 Å². The van der Waals surface area contributed by atoms with Crippen LogP contribution in [0.2, 0.25) is 5.02 Å². The molecule has 0 aromatic heterocycles. The largest absolute Gasteiger partial charge is 0.496 e. The number of hydrogen-bond donors (Lipinski definition) is 1. The van der Waals surface area contributed by atoms with Crippen LogP contribution in [0.25, 0.3) is 0 Å². The van der Waals surface area contributed by atoms with Crippen molar-refractivity contribution in [2.45, 2.75) is 33.1 Å². The van der Waals surface area contributed by atoms with Gasteiger partial charge in [0.15, 0.2) is 0 Å². The highest BCUT2D eigenvalue weighted by atomic mass is 35.5. The topological polar surface area (TPSA) is 21.3 Å². The van der Waals surface area contributed by atoms with E-state index in [9.17, 15) is 0 Å². The third-order valence-corrected chi connectivity index (χ3v) is 3.30. The zero-order chi connectivity index (χ0) is 13.4. The van der Waals surface area contributed by atoms with Gasteiger partial charge in [-0.05, 0) is 62.0 Å². The highest BCUT2D eigenvalue weighted by Crippen LogP contribution is 2.24. The maximum atomic E-state index is 6.02. The van der Waals surface area contributed by atoms with Crippen LogP contribution in [0, 0.1) is 5.92 Å². The Bertz CT molecular complexity index is 354. The van der Waals surface area contributed by atoms with Gasteiger partial charge in [0.25, 0.3) is 0 Å². The fourth-order valence-electron chi connectivity index (χ4n) is 1.97. The maximum Gasteiger partial charge on any atom is 0.122 e. The monoisotopic (exact) mass is 269 g/mol. The summed E-state index contributed by atoms with van der Waals surface area (Å²) >= 11 is 6.02. The molecule has 3 heteroatoms. The highest BCUT2D eigenvalue weighted by molar-refractivity contribution is 6.30. The Morgan fingerprint density at radius 3 is 2.83 bits per heavy atom. The van der Waals surface area contributed by atoms with E-state index in [1.54, 1.807) is 7.11 Å². The van der Waals surface area contributed by atoms with Crippen molar-refractivity contribution < 1.29 is 4.74 Å². The van der Waals surface area contributed by atoms with Crippen molar-refractivity contribution in [3.63, 3.8) is 0 Å². The molecule has 1 rings (SSSR count). The first-order valence-electron chi connectivity index (χ1n) is 6.70. The lowest BCUT2D eigenvalue weighted by Gasteiger charge is -2.14. The van der Waals surface area contributed by atoms with Crippen LogP contribution in [0.1, 0.15) is 32.3 Å². The highest BCUT2D eigenvalue weighted by Gasteiger charge is 2.07. The lowest BCUT2D eigenvalue weighted by molar-refractivity contribution is 0.405. The molecule has 18 heavy (non-hydrogen) atoms. The number of methoxy groups -OCH3 is 1. The van der Waals surface area contributed by atoms with Gasteiger partial charge in [-0.2, -0.15) is 0 Å². The van der Waals surface area contributed by atoms with Gasteiger partial charge in [-0.15, -0.1) is 0 Å². The fraction of sp³-hybridized carbons (Fsp3) is 0.600. The second kappa shape index (κ2) is 8.39. The summed E-state index contributed by atoms with van der Waals surface area (Å²) in [6.45, 7) is 6.65. The third-order valence-electron chi connectivity index (χ3n) is 3.07.